The van der Waals surface area contributed by atoms with Crippen LogP contribution in [-0.4, -0.2) is 30.8 Å². The fourth-order valence-electron chi connectivity index (χ4n) is 3.69. The van der Waals surface area contributed by atoms with Gasteiger partial charge in [-0.3, -0.25) is 9.59 Å². The predicted molar refractivity (Wildman–Crippen MR) is 121 cm³/mol. The van der Waals surface area contributed by atoms with Gasteiger partial charge in [0, 0.05) is 17.5 Å². The van der Waals surface area contributed by atoms with Gasteiger partial charge < -0.3 is 14.2 Å². The molecule has 2 aromatic rings. The number of aryl methyl sites for hydroxylation is 1. The maximum absolute atomic E-state index is 13.8. The summed E-state index contributed by atoms with van der Waals surface area (Å²) in [6, 6.07) is 8.44. The third-order valence-corrected chi connectivity index (χ3v) is 5.16. The summed E-state index contributed by atoms with van der Waals surface area (Å²) in [6.07, 6.45) is -0.842. The standard InChI is InChI=1S/C26H32F2O5/c1-15-12-18(27)8-10-20(15)24(21-11-9-19(28)14-22(21)31-7)17(3)32-25(30)16(2)13-23(29)33-26(4,5)6/h8-12,14,16-17,24H,13H2,1-7H3/t16-,17+,24-/m1/s1. The zero-order valence-electron chi connectivity index (χ0n) is 20.2. The zero-order chi connectivity index (χ0) is 24.9. The first-order chi connectivity index (χ1) is 15.3. The van der Waals surface area contributed by atoms with E-state index in [1.807, 2.05) is 0 Å². The molecule has 180 valence electrons. The summed E-state index contributed by atoms with van der Waals surface area (Å²) in [5.74, 6) is -2.93. The van der Waals surface area contributed by atoms with Gasteiger partial charge >= 0.3 is 11.9 Å². The Morgan fingerprint density at radius 2 is 1.55 bits per heavy atom. The van der Waals surface area contributed by atoms with Crippen LogP contribution in [0.15, 0.2) is 36.4 Å². The molecule has 0 unspecified atom stereocenters. The molecule has 0 heterocycles. The molecular weight excluding hydrogens is 430 g/mol. The van der Waals surface area contributed by atoms with Crippen LogP contribution in [0, 0.1) is 24.5 Å². The van der Waals surface area contributed by atoms with E-state index in [2.05, 4.69) is 0 Å². The van der Waals surface area contributed by atoms with E-state index in [4.69, 9.17) is 14.2 Å². The number of esters is 2. The lowest BCUT2D eigenvalue weighted by atomic mass is 9.84. The molecule has 0 radical (unpaired) electrons. The molecule has 0 aliphatic carbocycles. The molecule has 2 aromatic carbocycles. The van der Waals surface area contributed by atoms with Crippen molar-refractivity contribution in [2.24, 2.45) is 5.92 Å². The van der Waals surface area contributed by atoms with Gasteiger partial charge in [-0.1, -0.05) is 19.1 Å². The number of halogens is 2. The van der Waals surface area contributed by atoms with Crippen LogP contribution < -0.4 is 4.74 Å². The molecule has 7 heteroatoms. The summed E-state index contributed by atoms with van der Waals surface area (Å²) in [5.41, 5.74) is 1.30. The van der Waals surface area contributed by atoms with Crippen molar-refractivity contribution in [3.05, 3.63) is 64.7 Å². The van der Waals surface area contributed by atoms with Crippen molar-refractivity contribution in [3.8, 4) is 5.75 Å². The Morgan fingerprint density at radius 3 is 2.09 bits per heavy atom. The SMILES string of the molecule is COc1cc(F)ccc1[C@@H](c1ccc(F)cc1C)[C@H](C)OC(=O)[C@H](C)CC(=O)OC(C)(C)C. The molecule has 5 nitrogen and oxygen atoms in total. The monoisotopic (exact) mass is 462 g/mol. The summed E-state index contributed by atoms with van der Waals surface area (Å²) < 4.78 is 44.0. The molecule has 0 aromatic heterocycles. The Bertz CT molecular complexity index is 997. The van der Waals surface area contributed by atoms with Crippen LogP contribution >= 0.6 is 0 Å². The van der Waals surface area contributed by atoms with E-state index in [1.165, 1.54) is 31.4 Å². The van der Waals surface area contributed by atoms with Gasteiger partial charge in [-0.15, -0.1) is 0 Å². The molecule has 0 amide bonds. The van der Waals surface area contributed by atoms with E-state index in [-0.39, 0.29) is 12.2 Å². The van der Waals surface area contributed by atoms with Crippen molar-refractivity contribution >= 4 is 11.9 Å². The molecule has 0 bridgehead atoms. The summed E-state index contributed by atoms with van der Waals surface area (Å²) in [5, 5.41) is 0. The molecule has 0 N–H and O–H groups in total. The summed E-state index contributed by atoms with van der Waals surface area (Å²) >= 11 is 0. The minimum absolute atomic E-state index is 0.122. The van der Waals surface area contributed by atoms with E-state index < -0.39 is 47.1 Å². The fourth-order valence-corrected chi connectivity index (χ4v) is 3.69. The van der Waals surface area contributed by atoms with Crippen molar-refractivity contribution in [3.63, 3.8) is 0 Å². The molecule has 0 saturated carbocycles. The van der Waals surface area contributed by atoms with Crippen LogP contribution in [0.4, 0.5) is 8.78 Å². The maximum atomic E-state index is 13.8. The molecule has 0 fully saturated rings. The van der Waals surface area contributed by atoms with Crippen molar-refractivity contribution < 1.29 is 32.6 Å². The number of benzene rings is 2. The molecule has 33 heavy (non-hydrogen) atoms. The second-order valence-corrected chi connectivity index (χ2v) is 9.20. The van der Waals surface area contributed by atoms with Crippen molar-refractivity contribution in [1.82, 2.24) is 0 Å². The average Bonchev–Trinajstić information content (AvgIpc) is 2.69. The zero-order valence-corrected chi connectivity index (χ0v) is 20.2. The fraction of sp³-hybridized carbons (Fsp3) is 0.462. The molecule has 0 spiro atoms. The highest BCUT2D eigenvalue weighted by atomic mass is 19.1. The molecular formula is C26H32F2O5. The van der Waals surface area contributed by atoms with Gasteiger partial charge in [-0.2, -0.15) is 0 Å². The van der Waals surface area contributed by atoms with Crippen LogP contribution in [-0.2, 0) is 19.1 Å². The highest BCUT2D eigenvalue weighted by molar-refractivity contribution is 5.80. The van der Waals surface area contributed by atoms with Gasteiger partial charge in [0.25, 0.3) is 0 Å². The normalized spacial score (nSPS) is 14.2. The Morgan fingerprint density at radius 1 is 0.970 bits per heavy atom. The van der Waals surface area contributed by atoms with Gasteiger partial charge in [0.1, 0.15) is 29.1 Å². The van der Waals surface area contributed by atoms with E-state index in [0.717, 1.165) is 0 Å². The van der Waals surface area contributed by atoms with E-state index in [9.17, 15) is 18.4 Å². The topological polar surface area (TPSA) is 61.8 Å². The first-order valence-corrected chi connectivity index (χ1v) is 10.8. The minimum Gasteiger partial charge on any atom is -0.496 e. The number of methoxy groups -OCH3 is 1. The van der Waals surface area contributed by atoms with Crippen molar-refractivity contribution in [2.45, 2.75) is 65.6 Å². The van der Waals surface area contributed by atoms with Gasteiger partial charge in [-0.25, -0.2) is 8.78 Å². The van der Waals surface area contributed by atoms with E-state index in [1.54, 1.807) is 53.7 Å². The minimum atomic E-state index is -0.729. The van der Waals surface area contributed by atoms with Crippen LogP contribution in [0.2, 0.25) is 0 Å². The quantitative estimate of drug-likeness (QED) is 0.470. The third-order valence-electron chi connectivity index (χ3n) is 5.16. The third kappa shape index (κ3) is 7.27. The van der Waals surface area contributed by atoms with Gasteiger partial charge in [0.05, 0.1) is 19.4 Å². The number of ether oxygens (including phenoxy) is 3. The van der Waals surface area contributed by atoms with Crippen LogP contribution in [0.3, 0.4) is 0 Å². The number of rotatable bonds is 8. The van der Waals surface area contributed by atoms with Gasteiger partial charge in [0.15, 0.2) is 0 Å². The Kier molecular flexibility index (Phi) is 8.58. The number of hydrogen-bond donors (Lipinski definition) is 0. The Labute approximate surface area is 194 Å². The maximum Gasteiger partial charge on any atom is 0.309 e. The van der Waals surface area contributed by atoms with Crippen LogP contribution in [0.25, 0.3) is 0 Å². The summed E-state index contributed by atoms with van der Waals surface area (Å²) in [6.45, 7) is 10.3. The van der Waals surface area contributed by atoms with Crippen molar-refractivity contribution in [2.75, 3.05) is 7.11 Å². The molecule has 0 aliphatic rings. The highest BCUT2D eigenvalue weighted by Crippen LogP contribution is 2.38. The number of carbonyl (C=O) groups excluding carboxylic acids is 2. The average molecular weight is 463 g/mol. The van der Waals surface area contributed by atoms with Crippen LogP contribution in [0.1, 0.15) is 63.6 Å². The first kappa shape index (κ1) is 26.3. The summed E-state index contributed by atoms with van der Waals surface area (Å²) in [7, 11) is 1.42. The molecule has 0 aliphatic heterocycles. The lowest BCUT2D eigenvalue weighted by molar-refractivity contribution is -0.163. The predicted octanol–water partition coefficient (Wildman–Crippen LogP) is 5.71. The van der Waals surface area contributed by atoms with E-state index in [0.29, 0.717) is 16.7 Å². The largest absolute Gasteiger partial charge is 0.496 e. The number of carbonyl (C=O) groups is 2. The van der Waals surface area contributed by atoms with E-state index >= 15 is 0 Å². The second kappa shape index (κ2) is 10.8. The Hall–Kier alpha value is -2.96. The first-order valence-electron chi connectivity index (χ1n) is 10.8. The van der Waals surface area contributed by atoms with Gasteiger partial charge in [-0.05, 0) is 63.9 Å². The number of hydrogen-bond acceptors (Lipinski definition) is 5. The second-order valence-electron chi connectivity index (χ2n) is 9.20. The molecule has 3 atom stereocenters. The van der Waals surface area contributed by atoms with Crippen LogP contribution in [0.5, 0.6) is 5.75 Å². The smallest absolute Gasteiger partial charge is 0.309 e. The lowest BCUT2D eigenvalue weighted by Crippen LogP contribution is -2.30. The van der Waals surface area contributed by atoms with Gasteiger partial charge in [0.2, 0.25) is 0 Å². The summed E-state index contributed by atoms with van der Waals surface area (Å²) in [4.78, 5) is 24.9. The molecule has 2 rings (SSSR count). The lowest BCUT2D eigenvalue weighted by Gasteiger charge is -2.28. The van der Waals surface area contributed by atoms with Crippen molar-refractivity contribution in [1.29, 1.82) is 0 Å². The Balaban J connectivity index is 2.34. The highest BCUT2D eigenvalue weighted by Gasteiger charge is 2.31. The molecule has 0 saturated heterocycles.